The zero-order valence-electron chi connectivity index (χ0n) is 13.7. The smallest absolute Gasteiger partial charge is 0.404 e. The SMILES string of the molecule is CCCCSc1c(OC)cc(CCOC(N)=O)c(C)c1OC. The Morgan fingerprint density at radius 3 is 2.59 bits per heavy atom. The monoisotopic (exact) mass is 327 g/mol. The molecule has 0 aromatic heterocycles. The molecule has 0 aliphatic heterocycles. The number of methoxy groups -OCH3 is 2. The highest BCUT2D eigenvalue weighted by molar-refractivity contribution is 7.99. The number of rotatable bonds is 9. The molecule has 0 atom stereocenters. The molecule has 124 valence electrons. The van der Waals surface area contributed by atoms with Gasteiger partial charge in [0.2, 0.25) is 0 Å². The Morgan fingerprint density at radius 2 is 2.05 bits per heavy atom. The molecule has 1 rings (SSSR count). The van der Waals surface area contributed by atoms with Crippen LogP contribution >= 0.6 is 11.8 Å². The molecule has 1 aromatic carbocycles. The molecule has 0 radical (unpaired) electrons. The molecule has 22 heavy (non-hydrogen) atoms. The Morgan fingerprint density at radius 1 is 1.32 bits per heavy atom. The molecule has 0 saturated heterocycles. The lowest BCUT2D eigenvalue weighted by Gasteiger charge is -2.18. The molecule has 2 N–H and O–H groups in total. The highest BCUT2D eigenvalue weighted by Crippen LogP contribution is 2.42. The molecule has 0 unspecified atom stereocenters. The second-order valence-corrected chi connectivity index (χ2v) is 5.95. The van der Waals surface area contributed by atoms with Crippen LogP contribution in [0.1, 0.15) is 30.9 Å². The number of primary amides is 1. The zero-order chi connectivity index (χ0) is 16.5. The van der Waals surface area contributed by atoms with Gasteiger partial charge >= 0.3 is 6.09 Å². The quantitative estimate of drug-likeness (QED) is 0.555. The molecule has 5 nitrogen and oxygen atoms in total. The molecule has 6 heteroatoms. The van der Waals surface area contributed by atoms with Gasteiger partial charge in [-0.1, -0.05) is 13.3 Å². The highest BCUT2D eigenvalue weighted by Gasteiger charge is 2.17. The maximum Gasteiger partial charge on any atom is 0.404 e. The number of hydrogen-bond acceptors (Lipinski definition) is 5. The molecule has 1 aromatic rings. The fraction of sp³-hybridized carbons (Fsp3) is 0.562. The predicted octanol–water partition coefficient (Wildman–Crippen LogP) is 3.54. The number of carbonyl (C=O) groups is 1. The molecule has 0 fully saturated rings. The lowest BCUT2D eigenvalue weighted by Crippen LogP contribution is -2.15. The third-order valence-electron chi connectivity index (χ3n) is 3.34. The molecule has 0 saturated carbocycles. The molecule has 0 heterocycles. The number of thioether (sulfide) groups is 1. The maximum absolute atomic E-state index is 10.7. The van der Waals surface area contributed by atoms with Gasteiger partial charge in [-0.2, -0.15) is 0 Å². The van der Waals surface area contributed by atoms with Crippen LogP contribution in [0.15, 0.2) is 11.0 Å². The van der Waals surface area contributed by atoms with Gasteiger partial charge in [0.15, 0.2) is 0 Å². The summed E-state index contributed by atoms with van der Waals surface area (Å²) in [7, 11) is 3.31. The topological polar surface area (TPSA) is 70.8 Å². The van der Waals surface area contributed by atoms with Crippen molar-refractivity contribution in [3.63, 3.8) is 0 Å². The summed E-state index contributed by atoms with van der Waals surface area (Å²) in [6.45, 7) is 4.41. The fourth-order valence-electron chi connectivity index (χ4n) is 2.13. The average molecular weight is 327 g/mol. The minimum absolute atomic E-state index is 0.241. The average Bonchev–Trinajstić information content (AvgIpc) is 2.49. The molecule has 0 aliphatic rings. The molecule has 1 amide bonds. The van der Waals surface area contributed by atoms with Crippen LogP contribution in [0, 0.1) is 6.92 Å². The number of ether oxygens (including phenoxy) is 3. The van der Waals surface area contributed by atoms with E-state index in [0.717, 1.165) is 46.1 Å². The number of carbonyl (C=O) groups excluding carboxylic acids is 1. The first-order valence-corrected chi connectivity index (χ1v) is 8.33. The highest BCUT2D eigenvalue weighted by atomic mass is 32.2. The van der Waals surface area contributed by atoms with Crippen molar-refractivity contribution in [3.05, 3.63) is 17.2 Å². The minimum atomic E-state index is -0.761. The van der Waals surface area contributed by atoms with Gasteiger partial charge in [-0.3, -0.25) is 0 Å². The third kappa shape index (κ3) is 5.02. The molecular weight excluding hydrogens is 302 g/mol. The number of unbranched alkanes of at least 4 members (excludes halogenated alkanes) is 1. The Labute approximate surface area is 136 Å². The summed E-state index contributed by atoms with van der Waals surface area (Å²) in [5, 5.41) is 0. The standard InChI is InChI=1S/C16H25NO4S/c1-5-6-9-22-15-13(19-3)10-12(7-8-21-16(17)18)11(2)14(15)20-4/h10H,5-9H2,1-4H3,(H2,17,18). The van der Waals surface area contributed by atoms with Crippen LogP contribution in [0.4, 0.5) is 4.79 Å². The fourth-order valence-corrected chi connectivity index (χ4v) is 3.42. The summed E-state index contributed by atoms with van der Waals surface area (Å²) < 4.78 is 15.9. The van der Waals surface area contributed by atoms with E-state index in [2.05, 4.69) is 6.92 Å². The van der Waals surface area contributed by atoms with Crippen molar-refractivity contribution in [2.45, 2.75) is 38.0 Å². The van der Waals surface area contributed by atoms with E-state index in [1.165, 1.54) is 0 Å². The summed E-state index contributed by atoms with van der Waals surface area (Å²) in [5.74, 6) is 2.64. The van der Waals surface area contributed by atoms with Gasteiger partial charge in [-0.15, -0.1) is 11.8 Å². The third-order valence-corrected chi connectivity index (χ3v) is 4.51. The van der Waals surface area contributed by atoms with Crippen molar-refractivity contribution < 1.29 is 19.0 Å². The minimum Gasteiger partial charge on any atom is -0.495 e. The first-order chi connectivity index (χ1) is 10.5. The van der Waals surface area contributed by atoms with Crippen molar-refractivity contribution in [3.8, 4) is 11.5 Å². The van der Waals surface area contributed by atoms with Gasteiger partial charge < -0.3 is 19.9 Å². The van der Waals surface area contributed by atoms with E-state index in [1.54, 1.807) is 26.0 Å². The number of amides is 1. The molecule has 0 bridgehead atoms. The van der Waals surface area contributed by atoms with Gasteiger partial charge in [0, 0.05) is 6.42 Å². The van der Waals surface area contributed by atoms with Crippen molar-refractivity contribution >= 4 is 17.9 Å². The van der Waals surface area contributed by atoms with Gasteiger partial charge in [0.25, 0.3) is 0 Å². The Balaban J connectivity index is 3.03. The van der Waals surface area contributed by atoms with Crippen molar-refractivity contribution in [2.75, 3.05) is 26.6 Å². The lowest BCUT2D eigenvalue weighted by molar-refractivity contribution is 0.158. The van der Waals surface area contributed by atoms with Crippen LogP contribution in [-0.2, 0) is 11.2 Å². The predicted molar refractivity (Wildman–Crippen MR) is 89.2 cm³/mol. The van der Waals surface area contributed by atoms with E-state index in [1.807, 2.05) is 13.0 Å². The van der Waals surface area contributed by atoms with Gasteiger partial charge in [0.1, 0.15) is 11.5 Å². The van der Waals surface area contributed by atoms with E-state index < -0.39 is 6.09 Å². The van der Waals surface area contributed by atoms with Crippen molar-refractivity contribution in [2.24, 2.45) is 5.73 Å². The first-order valence-electron chi connectivity index (χ1n) is 7.34. The Hall–Kier alpha value is -1.56. The van der Waals surface area contributed by atoms with Crippen molar-refractivity contribution in [1.29, 1.82) is 0 Å². The van der Waals surface area contributed by atoms with Crippen LogP contribution in [0.2, 0.25) is 0 Å². The summed E-state index contributed by atoms with van der Waals surface area (Å²) in [5.41, 5.74) is 7.05. The van der Waals surface area contributed by atoms with E-state index in [0.29, 0.717) is 6.42 Å². The molecule has 0 aliphatic carbocycles. The van der Waals surface area contributed by atoms with E-state index in [-0.39, 0.29) is 6.61 Å². The van der Waals surface area contributed by atoms with E-state index in [4.69, 9.17) is 19.9 Å². The van der Waals surface area contributed by atoms with E-state index in [9.17, 15) is 4.79 Å². The summed E-state index contributed by atoms with van der Waals surface area (Å²) in [4.78, 5) is 11.7. The zero-order valence-corrected chi connectivity index (χ0v) is 14.5. The van der Waals surface area contributed by atoms with Crippen molar-refractivity contribution in [1.82, 2.24) is 0 Å². The molecular formula is C16H25NO4S. The second-order valence-electron chi connectivity index (χ2n) is 4.84. The van der Waals surface area contributed by atoms with Crippen LogP contribution < -0.4 is 15.2 Å². The van der Waals surface area contributed by atoms with Gasteiger partial charge in [0.05, 0.1) is 25.7 Å². The summed E-state index contributed by atoms with van der Waals surface area (Å²) in [6.07, 6.45) is 2.11. The number of benzene rings is 1. The summed E-state index contributed by atoms with van der Waals surface area (Å²) in [6, 6.07) is 1.98. The van der Waals surface area contributed by atoms with E-state index >= 15 is 0 Å². The van der Waals surface area contributed by atoms with Crippen LogP contribution in [-0.4, -0.2) is 32.7 Å². The number of nitrogens with two attached hydrogens (primary N) is 1. The van der Waals surface area contributed by atoms with Crippen LogP contribution in [0.25, 0.3) is 0 Å². The lowest BCUT2D eigenvalue weighted by atomic mass is 10.0. The molecule has 0 spiro atoms. The Kier molecular flexibility index (Phi) is 7.95. The van der Waals surface area contributed by atoms with Crippen LogP contribution in [0.3, 0.4) is 0 Å². The summed E-state index contributed by atoms with van der Waals surface area (Å²) >= 11 is 1.74. The van der Waals surface area contributed by atoms with Gasteiger partial charge in [-0.25, -0.2) is 4.79 Å². The number of hydrogen-bond donors (Lipinski definition) is 1. The second kappa shape index (κ2) is 9.46. The first kappa shape index (κ1) is 18.5. The maximum atomic E-state index is 10.7. The Bertz CT molecular complexity index is 505. The van der Waals surface area contributed by atoms with Gasteiger partial charge in [-0.05, 0) is 36.3 Å². The van der Waals surface area contributed by atoms with Crippen LogP contribution in [0.5, 0.6) is 11.5 Å². The normalized spacial score (nSPS) is 10.4. The largest absolute Gasteiger partial charge is 0.495 e.